The molecule has 2 aromatic rings. The Balaban J connectivity index is 1.68. The van der Waals surface area contributed by atoms with Crippen molar-refractivity contribution < 1.29 is 9.59 Å². The fourth-order valence-electron chi connectivity index (χ4n) is 3.22. The third-order valence-electron chi connectivity index (χ3n) is 4.98. The average Bonchev–Trinajstić information content (AvgIpc) is 3.11. The molecule has 1 heterocycles. The van der Waals surface area contributed by atoms with E-state index in [0.29, 0.717) is 13.0 Å². The zero-order valence-corrected chi connectivity index (χ0v) is 15.5. The van der Waals surface area contributed by atoms with Gasteiger partial charge in [0.05, 0.1) is 0 Å². The first kappa shape index (κ1) is 18.0. The highest BCUT2D eigenvalue weighted by molar-refractivity contribution is 6.00. The predicted molar refractivity (Wildman–Crippen MR) is 104 cm³/mol. The Kier molecular flexibility index (Phi) is 5.26. The Hall–Kier alpha value is -2.82. The van der Waals surface area contributed by atoms with E-state index in [4.69, 9.17) is 0 Å². The van der Waals surface area contributed by atoms with Crippen molar-refractivity contribution in [2.45, 2.75) is 39.7 Å². The summed E-state index contributed by atoms with van der Waals surface area (Å²) >= 11 is 0. The number of likely N-dealkylation sites (tertiary alicyclic amines) is 1. The summed E-state index contributed by atoms with van der Waals surface area (Å²) in [7, 11) is 0. The number of benzene rings is 2. The van der Waals surface area contributed by atoms with Gasteiger partial charge in [-0.05, 0) is 62.9 Å². The number of anilines is 2. The second kappa shape index (κ2) is 7.60. The second-order valence-electron chi connectivity index (χ2n) is 6.88. The topological polar surface area (TPSA) is 61.4 Å². The van der Waals surface area contributed by atoms with Gasteiger partial charge in [0.2, 0.25) is 5.91 Å². The van der Waals surface area contributed by atoms with E-state index in [0.717, 1.165) is 34.5 Å². The smallest absolute Gasteiger partial charge is 0.322 e. The highest BCUT2D eigenvalue weighted by Gasteiger charge is 2.34. The number of nitrogens with one attached hydrogen (secondary N) is 2. The van der Waals surface area contributed by atoms with Crippen molar-refractivity contribution in [3.63, 3.8) is 0 Å². The van der Waals surface area contributed by atoms with Crippen molar-refractivity contribution >= 4 is 23.3 Å². The summed E-state index contributed by atoms with van der Waals surface area (Å²) < 4.78 is 0. The molecule has 1 aliphatic heterocycles. The molecule has 2 N–H and O–H groups in total. The van der Waals surface area contributed by atoms with Crippen LogP contribution in [0.2, 0.25) is 0 Å². The lowest BCUT2D eigenvalue weighted by Crippen LogP contribution is -2.45. The van der Waals surface area contributed by atoms with Gasteiger partial charge in [-0.3, -0.25) is 4.79 Å². The molecule has 1 saturated heterocycles. The van der Waals surface area contributed by atoms with Crippen LogP contribution in [0.25, 0.3) is 0 Å². The quantitative estimate of drug-likeness (QED) is 0.868. The Morgan fingerprint density at radius 1 is 1.00 bits per heavy atom. The molecule has 136 valence electrons. The van der Waals surface area contributed by atoms with Crippen molar-refractivity contribution in [1.29, 1.82) is 0 Å². The van der Waals surface area contributed by atoms with Gasteiger partial charge in [0.15, 0.2) is 0 Å². The largest absolute Gasteiger partial charge is 0.324 e. The summed E-state index contributed by atoms with van der Waals surface area (Å²) in [5.74, 6) is -0.129. The van der Waals surface area contributed by atoms with Crippen molar-refractivity contribution in [3.05, 3.63) is 59.2 Å². The standard InChI is InChI=1S/C21H25N3O2/c1-14-9-11-17(12-10-14)22-21(26)24-13-5-8-19(24)20(25)23-18-7-4-6-15(2)16(18)3/h4,6-7,9-12,19H,5,8,13H2,1-3H3,(H,22,26)(H,23,25). The number of rotatable bonds is 3. The van der Waals surface area contributed by atoms with E-state index < -0.39 is 6.04 Å². The number of carbonyl (C=O) groups excluding carboxylic acids is 2. The molecule has 1 fully saturated rings. The van der Waals surface area contributed by atoms with Gasteiger partial charge in [-0.2, -0.15) is 0 Å². The Bertz CT molecular complexity index is 815. The molecule has 26 heavy (non-hydrogen) atoms. The molecule has 1 atom stereocenters. The fraction of sp³-hybridized carbons (Fsp3) is 0.333. The Morgan fingerprint density at radius 3 is 2.46 bits per heavy atom. The van der Waals surface area contributed by atoms with Crippen molar-refractivity contribution in [2.24, 2.45) is 0 Å². The van der Waals surface area contributed by atoms with Gasteiger partial charge in [-0.1, -0.05) is 29.8 Å². The van der Waals surface area contributed by atoms with Crippen LogP contribution in [0, 0.1) is 20.8 Å². The van der Waals surface area contributed by atoms with E-state index in [-0.39, 0.29) is 11.9 Å². The van der Waals surface area contributed by atoms with Crippen molar-refractivity contribution in [1.82, 2.24) is 4.90 Å². The minimum Gasteiger partial charge on any atom is -0.324 e. The average molecular weight is 351 g/mol. The lowest BCUT2D eigenvalue weighted by molar-refractivity contribution is -0.119. The molecular weight excluding hydrogens is 326 g/mol. The summed E-state index contributed by atoms with van der Waals surface area (Å²) in [4.78, 5) is 27.0. The first-order valence-electron chi connectivity index (χ1n) is 8.97. The number of urea groups is 1. The lowest BCUT2D eigenvalue weighted by Gasteiger charge is -2.24. The molecule has 0 radical (unpaired) electrons. The third kappa shape index (κ3) is 3.87. The first-order chi connectivity index (χ1) is 12.5. The lowest BCUT2D eigenvalue weighted by atomic mass is 10.1. The molecule has 0 bridgehead atoms. The molecule has 0 spiro atoms. The van der Waals surface area contributed by atoms with Crippen LogP contribution in [0.4, 0.5) is 16.2 Å². The van der Waals surface area contributed by atoms with Crippen LogP contribution in [0.1, 0.15) is 29.5 Å². The van der Waals surface area contributed by atoms with Crippen LogP contribution in [-0.4, -0.2) is 29.4 Å². The minimum atomic E-state index is -0.444. The molecule has 1 aliphatic rings. The van der Waals surface area contributed by atoms with Crippen LogP contribution < -0.4 is 10.6 Å². The van der Waals surface area contributed by atoms with Gasteiger partial charge in [0.25, 0.3) is 0 Å². The van der Waals surface area contributed by atoms with E-state index in [1.54, 1.807) is 4.90 Å². The maximum absolute atomic E-state index is 12.8. The molecule has 1 unspecified atom stereocenters. The van der Waals surface area contributed by atoms with Gasteiger partial charge >= 0.3 is 6.03 Å². The number of carbonyl (C=O) groups is 2. The van der Waals surface area contributed by atoms with Crippen molar-refractivity contribution in [3.8, 4) is 0 Å². The molecule has 3 amide bonds. The molecule has 0 aromatic heterocycles. The number of hydrogen-bond acceptors (Lipinski definition) is 2. The Labute approximate surface area is 154 Å². The van der Waals surface area contributed by atoms with E-state index in [1.165, 1.54) is 0 Å². The zero-order valence-electron chi connectivity index (χ0n) is 15.5. The molecule has 0 aliphatic carbocycles. The van der Waals surface area contributed by atoms with Crippen molar-refractivity contribution in [2.75, 3.05) is 17.2 Å². The van der Waals surface area contributed by atoms with Gasteiger partial charge in [0, 0.05) is 17.9 Å². The second-order valence-corrected chi connectivity index (χ2v) is 6.88. The Morgan fingerprint density at radius 2 is 1.73 bits per heavy atom. The van der Waals surface area contributed by atoms with Gasteiger partial charge in [-0.25, -0.2) is 4.79 Å². The summed E-state index contributed by atoms with van der Waals surface area (Å²) in [6.45, 7) is 6.59. The van der Waals surface area contributed by atoms with E-state index in [9.17, 15) is 9.59 Å². The molecule has 5 nitrogen and oxygen atoms in total. The monoisotopic (exact) mass is 351 g/mol. The van der Waals surface area contributed by atoms with E-state index in [1.807, 2.05) is 63.2 Å². The third-order valence-corrected chi connectivity index (χ3v) is 4.98. The number of nitrogens with zero attached hydrogens (tertiary/aromatic N) is 1. The van der Waals surface area contributed by atoms with Gasteiger partial charge in [0.1, 0.15) is 6.04 Å². The van der Waals surface area contributed by atoms with Crippen LogP contribution in [0.15, 0.2) is 42.5 Å². The maximum atomic E-state index is 12.8. The molecule has 0 saturated carbocycles. The minimum absolute atomic E-state index is 0.129. The number of amides is 3. The molecule has 5 heteroatoms. The van der Waals surface area contributed by atoms with Crippen LogP contribution in [0.3, 0.4) is 0 Å². The summed E-state index contributed by atoms with van der Waals surface area (Å²) in [6.07, 6.45) is 1.50. The zero-order chi connectivity index (χ0) is 18.7. The van der Waals surface area contributed by atoms with Crippen LogP contribution in [0.5, 0.6) is 0 Å². The summed E-state index contributed by atoms with van der Waals surface area (Å²) in [6, 6.07) is 12.8. The van der Waals surface area contributed by atoms with E-state index in [2.05, 4.69) is 10.6 Å². The first-order valence-corrected chi connectivity index (χ1v) is 8.97. The SMILES string of the molecule is Cc1ccc(NC(=O)N2CCCC2C(=O)Nc2cccc(C)c2C)cc1. The number of aryl methyl sites for hydroxylation is 2. The highest BCUT2D eigenvalue weighted by Crippen LogP contribution is 2.23. The molecule has 3 rings (SSSR count). The normalized spacial score (nSPS) is 16.4. The van der Waals surface area contributed by atoms with Crippen LogP contribution in [-0.2, 0) is 4.79 Å². The van der Waals surface area contributed by atoms with Gasteiger partial charge < -0.3 is 15.5 Å². The summed E-state index contributed by atoms with van der Waals surface area (Å²) in [5.41, 5.74) is 4.86. The van der Waals surface area contributed by atoms with Gasteiger partial charge in [-0.15, -0.1) is 0 Å². The molecular formula is C21H25N3O2. The fourth-order valence-corrected chi connectivity index (χ4v) is 3.22. The summed E-state index contributed by atoms with van der Waals surface area (Å²) in [5, 5.41) is 5.88. The number of hydrogen-bond donors (Lipinski definition) is 2. The molecule has 2 aromatic carbocycles. The highest BCUT2D eigenvalue weighted by atomic mass is 16.2. The maximum Gasteiger partial charge on any atom is 0.322 e. The van der Waals surface area contributed by atoms with E-state index >= 15 is 0 Å². The van der Waals surface area contributed by atoms with Crippen LogP contribution >= 0.6 is 0 Å². The predicted octanol–water partition coefficient (Wildman–Crippen LogP) is 4.25.